The van der Waals surface area contributed by atoms with Gasteiger partial charge in [0.1, 0.15) is 0 Å². The first kappa shape index (κ1) is 27.6. The van der Waals surface area contributed by atoms with Gasteiger partial charge in [-0.2, -0.15) is 0 Å². The second kappa shape index (κ2) is 9.12. The molecule has 0 bridgehead atoms. The van der Waals surface area contributed by atoms with Crippen LogP contribution in [0.4, 0.5) is 0 Å². The number of allylic oxidation sites excluding steroid dienone is 2. The minimum absolute atomic E-state index is 0.0788. The molecule has 0 amide bonds. The minimum atomic E-state index is -0.725. The average Bonchev–Trinajstić information content (AvgIpc) is 3.12. The molecule has 0 aromatic heterocycles. The summed E-state index contributed by atoms with van der Waals surface area (Å²) in [5, 5.41) is 23.6. The molecule has 4 aliphatic rings. The third-order valence-corrected chi connectivity index (χ3v) is 12.7. The van der Waals surface area contributed by atoms with Crippen LogP contribution >= 0.6 is 0 Å². The van der Waals surface area contributed by atoms with Gasteiger partial charge in [-0.1, -0.05) is 46.3 Å². The number of hydrogen-bond acceptors (Lipinski definition) is 3. The highest BCUT2D eigenvalue weighted by Gasteiger charge is 2.71. The lowest BCUT2D eigenvalue weighted by molar-refractivity contribution is -0.250. The highest BCUT2D eigenvalue weighted by Crippen LogP contribution is 2.75. The summed E-state index contributed by atoms with van der Waals surface area (Å²) < 4.78 is 6.28. The summed E-state index contributed by atoms with van der Waals surface area (Å²) in [6, 6.07) is 0. The quantitative estimate of drug-likeness (QED) is 0.380. The summed E-state index contributed by atoms with van der Waals surface area (Å²) in [7, 11) is 0. The van der Waals surface area contributed by atoms with E-state index in [1.165, 1.54) is 24.8 Å². The Bertz CT molecular complexity index is 810. The monoisotopic (exact) mass is 488 g/mol. The number of hydrogen-bond donors (Lipinski definition) is 2. The van der Waals surface area contributed by atoms with Crippen LogP contribution in [0.2, 0.25) is 0 Å². The second-order valence-corrected chi connectivity index (χ2v) is 14.9. The molecule has 4 aliphatic carbocycles. The summed E-state index contributed by atoms with van der Waals surface area (Å²) in [5.74, 6) is 1.54. The number of fused-ring (bicyclic) bond motifs is 5. The Morgan fingerprint density at radius 3 is 2.26 bits per heavy atom. The van der Waals surface area contributed by atoms with Gasteiger partial charge in [0, 0.05) is 6.61 Å². The van der Waals surface area contributed by atoms with E-state index in [4.69, 9.17) is 4.74 Å². The molecule has 3 heteroatoms. The van der Waals surface area contributed by atoms with Crippen LogP contribution in [0.3, 0.4) is 0 Å². The van der Waals surface area contributed by atoms with Crippen LogP contribution in [0, 0.1) is 45.3 Å². The minimum Gasteiger partial charge on any atom is -0.393 e. The number of ether oxygens (including phenoxy) is 1. The van der Waals surface area contributed by atoms with Gasteiger partial charge in [0.05, 0.1) is 17.8 Å². The predicted molar refractivity (Wildman–Crippen MR) is 145 cm³/mol. The molecule has 0 aromatic rings. The van der Waals surface area contributed by atoms with Crippen molar-refractivity contribution in [2.24, 2.45) is 45.3 Å². The molecule has 0 aliphatic heterocycles. The van der Waals surface area contributed by atoms with E-state index in [0.29, 0.717) is 17.9 Å². The van der Waals surface area contributed by atoms with Crippen LogP contribution in [0.5, 0.6) is 0 Å². The normalized spacial score (nSPS) is 48.3. The third-order valence-electron chi connectivity index (χ3n) is 12.7. The topological polar surface area (TPSA) is 49.7 Å². The van der Waals surface area contributed by atoms with Crippen LogP contribution in [0.1, 0.15) is 120 Å². The highest BCUT2D eigenvalue weighted by molar-refractivity contribution is 5.20. The summed E-state index contributed by atoms with van der Waals surface area (Å²) in [4.78, 5) is 0. The van der Waals surface area contributed by atoms with E-state index >= 15 is 0 Å². The standard InChI is InChI=1S/C32H56O3/c1-10-35-26-15-17-29(6)24(28(26,4)5)14-19-30(7)25(29)20-23(33)27-22(13-18-31(27,30)8)32(9,34)16-11-12-21(2)3/h12,22-27,33-34H,10-11,13-20H2,1-9H3/t22?,23?,24?,25?,26-,27?,29?,30?,31?,32?/m0/s1. The van der Waals surface area contributed by atoms with Crippen LogP contribution < -0.4 is 0 Å². The predicted octanol–water partition coefficient (Wildman–Crippen LogP) is 7.54. The van der Waals surface area contributed by atoms with Crippen molar-refractivity contribution in [3.05, 3.63) is 11.6 Å². The first-order valence-corrected chi connectivity index (χ1v) is 14.8. The van der Waals surface area contributed by atoms with E-state index in [0.717, 1.165) is 45.1 Å². The molecule has 4 rings (SSSR count). The van der Waals surface area contributed by atoms with E-state index in [9.17, 15) is 10.2 Å². The lowest BCUT2D eigenvalue weighted by Crippen LogP contribution is -2.66. The van der Waals surface area contributed by atoms with Crippen molar-refractivity contribution in [2.75, 3.05) is 6.61 Å². The first-order valence-electron chi connectivity index (χ1n) is 14.8. The maximum Gasteiger partial charge on any atom is 0.0654 e. The number of rotatable bonds is 6. The van der Waals surface area contributed by atoms with Crippen molar-refractivity contribution < 1.29 is 14.9 Å². The van der Waals surface area contributed by atoms with Gasteiger partial charge in [-0.3, -0.25) is 0 Å². The summed E-state index contributed by atoms with van der Waals surface area (Å²) in [5.41, 5.74) is 1.29. The van der Waals surface area contributed by atoms with Gasteiger partial charge in [0.15, 0.2) is 0 Å². The van der Waals surface area contributed by atoms with E-state index in [-0.39, 0.29) is 39.6 Å². The number of aliphatic hydroxyl groups excluding tert-OH is 1. The fourth-order valence-corrected chi connectivity index (χ4v) is 10.8. The number of aliphatic hydroxyl groups is 2. The fourth-order valence-electron chi connectivity index (χ4n) is 10.8. The Labute approximate surface area is 216 Å². The van der Waals surface area contributed by atoms with Gasteiger partial charge in [0.25, 0.3) is 0 Å². The van der Waals surface area contributed by atoms with E-state index in [1.54, 1.807) is 0 Å². The van der Waals surface area contributed by atoms with Crippen LogP contribution in [-0.4, -0.2) is 34.6 Å². The molecular weight excluding hydrogens is 432 g/mol. The smallest absolute Gasteiger partial charge is 0.0654 e. The SMILES string of the molecule is CCO[C@H]1CCC2(C)C(CCC3(C)C2CC(O)C2C(C(C)(O)CCC=C(C)C)CCC23C)C1(C)C. The molecule has 35 heavy (non-hydrogen) atoms. The largest absolute Gasteiger partial charge is 0.393 e. The lowest BCUT2D eigenvalue weighted by Gasteiger charge is -2.70. The zero-order chi connectivity index (χ0) is 26.0. The molecule has 4 saturated carbocycles. The second-order valence-electron chi connectivity index (χ2n) is 14.9. The van der Waals surface area contributed by atoms with Crippen molar-refractivity contribution >= 4 is 0 Å². The maximum atomic E-state index is 11.9. The highest BCUT2D eigenvalue weighted by atomic mass is 16.5. The van der Waals surface area contributed by atoms with Crippen molar-refractivity contribution in [2.45, 2.75) is 138 Å². The Morgan fingerprint density at radius 2 is 1.63 bits per heavy atom. The molecule has 0 aromatic carbocycles. The van der Waals surface area contributed by atoms with Gasteiger partial charge in [-0.15, -0.1) is 0 Å². The van der Waals surface area contributed by atoms with Gasteiger partial charge in [-0.05, 0) is 131 Å². The van der Waals surface area contributed by atoms with Gasteiger partial charge < -0.3 is 14.9 Å². The Hall–Kier alpha value is -0.380. The van der Waals surface area contributed by atoms with Crippen molar-refractivity contribution in [1.29, 1.82) is 0 Å². The van der Waals surface area contributed by atoms with Gasteiger partial charge >= 0.3 is 0 Å². The van der Waals surface area contributed by atoms with Crippen molar-refractivity contribution in [1.82, 2.24) is 0 Å². The molecular formula is C32H56O3. The van der Waals surface area contributed by atoms with Crippen LogP contribution in [0.15, 0.2) is 11.6 Å². The molecule has 0 saturated heterocycles. The van der Waals surface area contributed by atoms with Crippen LogP contribution in [-0.2, 0) is 4.74 Å². The molecule has 0 radical (unpaired) electrons. The lowest BCUT2D eigenvalue weighted by atomic mass is 9.35. The van der Waals surface area contributed by atoms with Gasteiger partial charge in [0.2, 0.25) is 0 Å². The molecule has 9 unspecified atom stereocenters. The fraction of sp³-hybridized carbons (Fsp3) is 0.938. The Balaban J connectivity index is 1.64. The van der Waals surface area contributed by atoms with E-state index in [1.807, 2.05) is 0 Å². The maximum absolute atomic E-state index is 11.9. The molecule has 0 spiro atoms. The summed E-state index contributed by atoms with van der Waals surface area (Å²) in [6.45, 7) is 21.8. The third kappa shape index (κ3) is 4.09. The summed E-state index contributed by atoms with van der Waals surface area (Å²) >= 11 is 0. The van der Waals surface area contributed by atoms with Crippen LogP contribution in [0.25, 0.3) is 0 Å². The van der Waals surface area contributed by atoms with E-state index < -0.39 is 5.60 Å². The zero-order valence-electron chi connectivity index (χ0n) is 24.4. The van der Waals surface area contributed by atoms with Gasteiger partial charge in [-0.25, -0.2) is 0 Å². The van der Waals surface area contributed by atoms with Crippen molar-refractivity contribution in [3.8, 4) is 0 Å². The van der Waals surface area contributed by atoms with Crippen molar-refractivity contribution in [3.63, 3.8) is 0 Å². The zero-order valence-corrected chi connectivity index (χ0v) is 24.4. The molecule has 4 fully saturated rings. The molecule has 3 nitrogen and oxygen atoms in total. The Kier molecular flexibility index (Phi) is 7.21. The van der Waals surface area contributed by atoms with E-state index in [2.05, 4.69) is 68.4 Å². The average molecular weight is 489 g/mol. The first-order chi connectivity index (χ1) is 16.1. The summed E-state index contributed by atoms with van der Waals surface area (Å²) in [6.07, 6.45) is 11.9. The molecule has 2 N–H and O–H groups in total. The molecule has 0 heterocycles. The molecule has 202 valence electrons. The Morgan fingerprint density at radius 1 is 0.971 bits per heavy atom. The molecule has 10 atom stereocenters.